The fourth-order valence-corrected chi connectivity index (χ4v) is 1.60. The molecule has 0 heterocycles. The summed E-state index contributed by atoms with van der Waals surface area (Å²) in [6, 6.07) is 8.42. The highest BCUT2D eigenvalue weighted by atomic mass is 35.5. The number of carbonyl (C=O) groups excluding carboxylic acids is 1. The Labute approximate surface area is 112 Å². The molecule has 1 aromatic carbocycles. The molecule has 0 saturated carbocycles. The summed E-state index contributed by atoms with van der Waals surface area (Å²) in [4.78, 5) is 12.0. The molecule has 1 rings (SSSR count). The zero-order chi connectivity index (χ0) is 13.8. The Morgan fingerprint density at radius 1 is 1.44 bits per heavy atom. The Morgan fingerprint density at radius 2 is 2.00 bits per heavy atom. The highest BCUT2D eigenvalue weighted by Gasteiger charge is 2.35. The standard InChI is InChI=1S/C13H15ClN2O2/c1-9(2)13(8-15,18-3)16-12(17)10-4-6-11(14)7-5-10/h4-7,9H,1-3H3,(H,16,17). The number of nitrogens with zero attached hydrogens (tertiary/aromatic N) is 1. The third kappa shape index (κ3) is 3.00. The van der Waals surface area contributed by atoms with Crippen LogP contribution in [-0.4, -0.2) is 18.7 Å². The monoisotopic (exact) mass is 266 g/mol. The lowest BCUT2D eigenvalue weighted by molar-refractivity contribution is -0.0224. The first-order valence-corrected chi connectivity index (χ1v) is 5.87. The number of nitrogens with one attached hydrogen (secondary N) is 1. The van der Waals surface area contributed by atoms with Crippen LogP contribution in [0.1, 0.15) is 24.2 Å². The number of benzene rings is 1. The summed E-state index contributed by atoms with van der Waals surface area (Å²) in [5, 5.41) is 12.3. The fraction of sp³-hybridized carbons (Fsp3) is 0.385. The number of methoxy groups -OCH3 is 1. The fourth-order valence-electron chi connectivity index (χ4n) is 1.48. The van der Waals surface area contributed by atoms with E-state index < -0.39 is 5.72 Å². The predicted octanol–water partition coefficient (Wildman–Crippen LogP) is 2.59. The van der Waals surface area contributed by atoms with Gasteiger partial charge >= 0.3 is 0 Å². The molecular weight excluding hydrogens is 252 g/mol. The molecule has 1 N–H and O–H groups in total. The third-order valence-corrected chi connectivity index (χ3v) is 2.96. The van der Waals surface area contributed by atoms with E-state index in [9.17, 15) is 10.1 Å². The molecule has 0 fully saturated rings. The summed E-state index contributed by atoms with van der Waals surface area (Å²) in [5.74, 6) is -0.549. The van der Waals surface area contributed by atoms with Gasteiger partial charge in [0.2, 0.25) is 5.72 Å². The van der Waals surface area contributed by atoms with Crippen LogP contribution in [-0.2, 0) is 4.74 Å². The molecule has 1 atom stereocenters. The van der Waals surface area contributed by atoms with Crippen molar-refractivity contribution >= 4 is 17.5 Å². The van der Waals surface area contributed by atoms with Gasteiger partial charge in [0.05, 0.1) is 0 Å². The van der Waals surface area contributed by atoms with Crippen molar-refractivity contribution in [3.63, 3.8) is 0 Å². The second kappa shape index (κ2) is 5.85. The minimum Gasteiger partial charge on any atom is -0.346 e. The zero-order valence-corrected chi connectivity index (χ0v) is 11.3. The number of amides is 1. The van der Waals surface area contributed by atoms with Crippen LogP contribution < -0.4 is 5.32 Å². The van der Waals surface area contributed by atoms with Crippen molar-refractivity contribution in [3.05, 3.63) is 34.9 Å². The molecule has 0 aliphatic heterocycles. The normalized spacial score (nSPS) is 13.8. The van der Waals surface area contributed by atoms with Gasteiger partial charge in [0.15, 0.2) is 0 Å². The van der Waals surface area contributed by atoms with E-state index in [-0.39, 0.29) is 11.8 Å². The van der Waals surface area contributed by atoms with Crippen LogP contribution in [0.3, 0.4) is 0 Å². The highest BCUT2D eigenvalue weighted by Crippen LogP contribution is 2.18. The van der Waals surface area contributed by atoms with Gasteiger partial charge in [-0.25, -0.2) is 0 Å². The Hall–Kier alpha value is -1.57. The molecule has 1 amide bonds. The van der Waals surface area contributed by atoms with E-state index in [1.807, 2.05) is 6.07 Å². The van der Waals surface area contributed by atoms with Crippen LogP contribution in [0.2, 0.25) is 5.02 Å². The number of ether oxygens (including phenoxy) is 1. The third-order valence-electron chi connectivity index (χ3n) is 2.71. The van der Waals surface area contributed by atoms with Crippen molar-refractivity contribution in [3.8, 4) is 6.07 Å². The van der Waals surface area contributed by atoms with Crippen LogP contribution >= 0.6 is 11.6 Å². The SMILES string of the molecule is COC(C#N)(NC(=O)c1ccc(Cl)cc1)C(C)C. The van der Waals surface area contributed by atoms with Gasteiger partial charge in [0, 0.05) is 23.6 Å². The van der Waals surface area contributed by atoms with Gasteiger partial charge < -0.3 is 10.1 Å². The van der Waals surface area contributed by atoms with Gasteiger partial charge in [-0.2, -0.15) is 5.26 Å². The summed E-state index contributed by atoms with van der Waals surface area (Å²) in [6.45, 7) is 3.60. The lowest BCUT2D eigenvalue weighted by atomic mass is 10.0. The number of hydrogen-bond donors (Lipinski definition) is 1. The maximum atomic E-state index is 12.0. The van der Waals surface area contributed by atoms with Gasteiger partial charge in [-0.1, -0.05) is 25.4 Å². The summed E-state index contributed by atoms with van der Waals surface area (Å²) >= 11 is 5.75. The molecule has 4 nitrogen and oxygen atoms in total. The Balaban J connectivity index is 2.93. The van der Waals surface area contributed by atoms with Crippen LogP contribution in [0.5, 0.6) is 0 Å². The topological polar surface area (TPSA) is 62.1 Å². The minimum atomic E-state index is -1.32. The minimum absolute atomic E-state index is 0.177. The summed E-state index contributed by atoms with van der Waals surface area (Å²) in [7, 11) is 1.39. The molecular formula is C13H15ClN2O2. The molecule has 0 saturated heterocycles. The van der Waals surface area contributed by atoms with Crippen LogP contribution in [0, 0.1) is 17.2 Å². The Kier molecular flexibility index (Phi) is 4.71. The number of halogens is 1. The van der Waals surface area contributed by atoms with E-state index >= 15 is 0 Å². The first kappa shape index (κ1) is 14.5. The van der Waals surface area contributed by atoms with E-state index in [4.69, 9.17) is 16.3 Å². The maximum absolute atomic E-state index is 12.0. The van der Waals surface area contributed by atoms with Crippen molar-refractivity contribution in [1.82, 2.24) is 5.32 Å². The second-order valence-electron chi connectivity index (χ2n) is 4.17. The average Bonchev–Trinajstić information content (AvgIpc) is 2.36. The second-order valence-corrected chi connectivity index (χ2v) is 4.60. The average molecular weight is 267 g/mol. The van der Waals surface area contributed by atoms with Gasteiger partial charge in [-0.3, -0.25) is 4.79 Å². The molecule has 0 spiro atoms. The number of rotatable bonds is 4. The highest BCUT2D eigenvalue weighted by molar-refractivity contribution is 6.30. The van der Waals surface area contributed by atoms with Crippen molar-refractivity contribution in [2.24, 2.45) is 5.92 Å². The van der Waals surface area contributed by atoms with Crippen molar-refractivity contribution < 1.29 is 9.53 Å². The molecule has 0 aromatic heterocycles. The Bertz CT molecular complexity index is 465. The van der Waals surface area contributed by atoms with Crippen molar-refractivity contribution in [2.45, 2.75) is 19.6 Å². The number of carbonyl (C=O) groups is 1. The van der Waals surface area contributed by atoms with Gasteiger partial charge in [-0.05, 0) is 24.3 Å². The summed E-state index contributed by atoms with van der Waals surface area (Å²) in [5.41, 5.74) is -0.895. The largest absolute Gasteiger partial charge is 0.346 e. The quantitative estimate of drug-likeness (QED) is 0.852. The summed E-state index contributed by atoms with van der Waals surface area (Å²) in [6.07, 6.45) is 0. The van der Waals surface area contributed by atoms with Gasteiger partial charge in [0.1, 0.15) is 6.07 Å². The predicted molar refractivity (Wildman–Crippen MR) is 69.1 cm³/mol. The van der Waals surface area contributed by atoms with E-state index in [1.165, 1.54) is 7.11 Å². The van der Waals surface area contributed by atoms with Gasteiger partial charge in [-0.15, -0.1) is 0 Å². The van der Waals surface area contributed by atoms with Crippen molar-refractivity contribution in [2.75, 3.05) is 7.11 Å². The van der Waals surface area contributed by atoms with E-state index in [2.05, 4.69) is 5.32 Å². The van der Waals surface area contributed by atoms with E-state index in [0.717, 1.165) is 0 Å². The molecule has 1 unspecified atom stereocenters. The van der Waals surface area contributed by atoms with Gasteiger partial charge in [0.25, 0.3) is 5.91 Å². The molecule has 5 heteroatoms. The van der Waals surface area contributed by atoms with Crippen LogP contribution in [0.4, 0.5) is 0 Å². The maximum Gasteiger partial charge on any atom is 0.254 e. The Morgan fingerprint density at radius 3 is 2.39 bits per heavy atom. The lowest BCUT2D eigenvalue weighted by Crippen LogP contribution is -2.52. The molecule has 0 radical (unpaired) electrons. The molecule has 96 valence electrons. The number of nitriles is 1. The zero-order valence-electron chi connectivity index (χ0n) is 10.5. The first-order valence-electron chi connectivity index (χ1n) is 5.49. The van der Waals surface area contributed by atoms with Crippen molar-refractivity contribution in [1.29, 1.82) is 5.26 Å². The molecule has 18 heavy (non-hydrogen) atoms. The molecule has 0 bridgehead atoms. The van der Waals surface area contributed by atoms with E-state index in [0.29, 0.717) is 10.6 Å². The first-order chi connectivity index (χ1) is 8.45. The molecule has 0 aliphatic carbocycles. The molecule has 1 aromatic rings. The summed E-state index contributed by atoms with van der Waals surface area (Å²) < 4.78 is 5.15. The lowest BCUT2D eigenvalue weighted by Gasteiger charge is -2.29. The number of hydrogen-bond acceptors (Lipinski definition) is 3. The van der Waals surface area contributed by atoms with Crippen LogP contribution in [0.15, 0.2) is 24.3 Å². The smallest absolute Gasteiger partial charge is 0.254 e. The van der Waals surface area contributed by atoms with Crippen LogP contribution in [0.25, 0.3) is 0 Å². The molecule has 0 aliphatic rings. The van der Waals surface area contributed by atoms with E-state index in [1.54, 1.807) is 38.1 Å².